The van der Waals surface area contributed by atoms with E-state index in [9.17, 15) is 39.6 Å². The van der Waals surface area contributed by atoms with Gasteiger partial charge in [0, 0.05) is 0 Å². The van der Waals surface area contributed by atoms with Gasteiger partial charge in [-0.25, -0.2) is 4.79 Å². The van der Waals surface area contributed by atoms with Crippen molar-refractivity contribution in [2.45, 2.75) is 37.1 Å². The first-order chi connectivity index (χ1) is 15.6. The number of alkyl carbamates (subject to hydrolysis) is 1. The third-order valence-electron chi connectivity index (χ3n) is 5.04. The van der Waals surface area contributed by atoms with Crippen molar-refractivity contribution in [3.05, 3.63) is 35.9 Å². The number of amides is 3. The van der Waals surface area contributed by atoms with Crippen molar-refractivity contribution >= 4 is 23.9 Å². The van der Waals surface area contributed by atoms with Crippen LogP contribution in [0.1, 0.15) is 5.56 Å². The maximum atomic E-state index is 12.5. The molecule has 1 fully saturated rings. The summed E-state index contributed by atoms with van der Waals surface area (Å²) >= 11 is 0. The minimum absolute atomic E-state index is 0.0334. The Balaban J connectivity index is 1.96. The van der Waals surface area contributed by atoms with Gasteiger partial charge in [-0.15, -0.1) is 0 Å². The van der Waals surface area contributed by atoms with Crippen molar-refractivity contribution in [3.63, 3.8) is 0 Å². The monoisotopic (exact) mass is 469 g/mol. The number of nitrogens with one attached hydrogen (secondary N) is 3. The van der Waals surface area contributed by atoms with Crippen molar-refractivity contribution < 1.29 is 49.1 Å². The van der Waals surface area contributed by atoms with Gasteiger partial charge in [0.1, 0.15) is 38.0 Å². The smallest absolute Gasteiger partial charge is 0.407 e. The summed E-state index contributed by atoms with van der Waals surface area (Å²) in [5, 5.41) is 47.0. The molecule has 2 rings (SSSR count). The van der Waals surface area contributed by atoms with Crippen LogP contribution in [0.3, 0.4) is 0 Å². The van der Waals surface area contributed by atoms with E-state index in [1.807, 2.05) is 0 Å². The zero-order chi connectivity index (χ0) is 24.5. The van der Waals surface area contributed by atoms with Gasteiger partial charge < -0.3 is 45.9 Å². The van der Waals surface area contributed by atoms with Crippen LogP contribution in [-0.4, -0.2) is 95.0 Å². The largest absolute Gasteiger partial charge is 0.468 e. The molecule has 1 aliphatic carbocycles. The van der Waals surface area contributed by atoms with Gasteiger partial charge in [-0.2, -0.15) is 0 Å². The highest BCUT2D eigenvalue weighted by Crippen LogP contribution is 2.27. The van der Waals surface area contributed by atoms with E-state index in [-0.39, 0.29) is 6.61 Å². The predicted molar refractivity (Wildman–Crippen MR) is 109 cm³/mol. The van der Waals surface area contributed by atoms with Crippen LogP contribution in [0.4, 0.5) is 4.79 Å². The Kier molecular flexibility index (Phi) is 9.54. The maximum absolute atomic E-state index is 12.5. The van der Waals surface area contributed by atoms with Crippen molar-refractivity contribution in [2.75, 3.05) is 20.2 Å². The molecule has 1 saturated carbocycles. The van der Waals surface area contributed by atoms with Gasteiger partial charge in [0.25, 0.3) is 0 Å². The number of aliphatic hydroxyl groups is 4. The van der Waals surface area contributed by atoms with Gasteiger partial charge in [-0.1, -0.05) is 30.3 Å². The van der Waals surface area contributed by atoms with Crippen LogP contribution in [-0.2, 0) is 30.5 Å². The van der Waals surface area contributed by atoms with E-state index in [1.165, 1.54) is 0 Å². The minimum Gasteiger partial charge on any atom is -0.468 e. The number of hydrogen-bond acceptors (Lipinski definition) is 10. The van der Waals surface area contributed by atoms with Crippen LogP contribution in [0.15, 0.2) is 30.3 Å². The molecule has 0 aliphatic heterocycles. The summed E-state index contributed by atoms with van der Waals surface area (Å²) in [7, 11) is 1.09. The van der Waals surface area contributed by atoms with E-state index >= 15 is 0 Å². The number of rotatable bonds is 8. The molecule has 13 heteroatoms. The maximum Gasteiger partial charge on any atom is 0.407 e. The Bertz CT molecular complexity index is 837. The van der Waals surface area contributed by atoms with Crippen LogP contribution in [0.25, 0.3) is 0 Å². The number of hydrogen-bond donors (Lipinski definition) is 7. The minimum atomic E-state index is -1.90. The Labute approximate surface area is 188 Å². The molecular formula is C20H27N3O10. The topological polar surface area (TPSA) is 204 Å². The molecule has 182 valence electrons. The molecule has 0 heterocycles. The molecule has 33 heavy (non-hydrogen) atoms. The van der Waals surface area contributed by atoms with E-state index in [0.29, 0.717) is 0 Å². The SMILES string of the molecule is COC(=O)CNC(=O)[C@H]1[C@@H](O)[C@H](O)[C@@H](O)[C@@H](O)[C@@H]1NC(=O)CNC(=O)OCc1ccccc1. The standard InChI is InChI=1S/C20H27N3O10/c1-32-12(25)8-21-19(30)13-14(16(27)18(29)17(28)15(13)26)23-11(24)7-22-20(31)33-9-10-5-3-2-4-6-10/h2-6,13-18,26-29H,7-9H2,1H3,(H,21,30)(H,22,31)(H,23,24)/t13-,14-,15-,16+,17+,18+/m1/s1. The zero-order valence-electron chi connectivity index (χ0n) is 17.7. The number of carbonyl (C=O) groups excluding carboxylic acids is 4. The molecule has 0 spiro atoms. The van der Waals surface area contributed by atoms with Gasteiger partial charge in [0.2, 0.25) is 11.8 Å². The van der Waals surface area contributed by atoms with Crippen LogP contribution in [0, 0.1) is 5.92 Å². The average molecular weight is 469 g/mol. The van der Waals surface area contributed by atoms with Crippen LogP contribution < -0.4 is 16.0 Å². The molecule has 0 radical (unpaired) electrons. The molecule has 3 amide bonds. The molecule has 6 atom stereocenters. The number of esters is 1. The molecule has 7 N–H and O–H groups in total. The second-order valence-electron chi connectivity index (χ2n) is 7.29. The van der Waals surface area contributed by atoms with Gasteiger partial charge in [0.05, 0.1) is 25.2 Å². The fraction of sp³-hybridized carbons (Fsp3) is 0.500. The van der Waals surface area contributed by atoms with Crippen molar-refractivity contribution in [2.24, 2.45) is 5.92 Å². The normalized spacial score (nSPS) is 26.6. The van der Waals surface area contributed by atoms with Crippen LogP contribution in [0.2, 0.25) is 0 Å². The molecule has 0 aromatic heterocycles. The summed E-state index contributed by atoms with van der Waals surface area (Å²) < 4.78 is 9.35. The lowest BCUT2D eigenvalue weighted by atomic mass is 9.76. The Morgan fingerprint density at radius 1 is 0.879 bits per heavy atom. The number of aliphatic hydroxyl groups excluding tert-OH is 4. The van der Waals surface area contributed by atoms with E-state index in [0.717, 1.165) is 12.7 Å². The Morgan fingerprint density at radius 2 is 1.52 bits per heavy atom. The molecule has 0 bridgehead atoms. The number of benzene rings is 1. The molecule has 1 aromatic rings. The predicted octanol–water partition coefficient (Wildman–Crippen LogP) is -3.24. The zero-order valence-corrected chi connectivity index (χ0v) is 17.7. The van der Waals surface area contributed by atoms with E-state index in [1.54, 1.807) is 30.3 Å². The summed E-state index contributed by atoms with van der Waals surface area (Å²) in [6.45, 7) is -1.21. The van der Waals surface area contributed by atoms with Crippen molar-refractivity contribution in [1.82, 2.24) is 16.0 Å². The molecule has 0 saturated heterocycles. The van der Waals surface area contributed by atoms with Crippen LogP contribution >= 0.6 is 0 Å². The fourth-order valence-corrected chi connectivity index (χ4v) is 3.26. The third kappa shape index (κ3) is 7.12. The lowest BCUT2D eigenvalue weighted by Crippen LogP contribution is -2.69. The summed E-state index contributed by atoms with van der Waals surface area (Å²) in [5.41, 5.74) is 0.727. The first-order valence-corrected chi connectivity index (χ1v) is 9.96. The number of ether oxygens (including phenoxy) is 2. The average Bonchev–Trinajstić information content (AvgIpc) is 2.82. The lowest BCUT2D eigenvalue weighted by molar-refractivity contribution is -0.179. The van der Waals surface area contributed by atoms with Crippen LogP contribution in [0.5, 0.6) is 0 Å². The third-order valence-corrected chi connectivity index (χ3v) is 5.04. The van der Waals surface area contributed by atoms with Gasteiger partial charge in [0.15, 0.2) is 0 Å². The lowest BCUT2D eigenvalue weighted by Gasteiger charge is -2.43. The Hall–Kier alpha value is -3.26. The number of carbonyl (C=O) groups is 4. The molecular weight excluding hydrogens is 442 g/mol. The second kappa shape index (κ2) is 12.1. The summed E-state index contributed by atoms with van der Waals surface area (Å²) in [6, 6.07) is 7.24. The second-order valence-corrected chi connectivity index (χ2v) is 7.29. The van der Waals surface area contributed by atoms with Gasteiger partial charge in [-0.05, 0) is 5.56 Å². The fourth-order valence-electron chi connectivity index (χ4n) is 3.26. The first-order valence-electron chi connectivity index (χ1n) is 9.96. The van der Waals surface area contributed by atoms with E-state index in [2.05, 4.69) is 20.7 Å². The first kappa shape index (κ1) is 26.0. The van der Waals surface area contributed by atoms with Crippen molar-refractivity contribution in [3.8, 4) is 0 Å². The summed E-state index contributed by atoms with van der Waals surface area (Å²) in [6.07, 6.45) is -8.39. The quantitative estimate of drug-likeness (QED) is 0.190. The van der Waals surface area contributed by atoms with E-state index < -0.39 is 73.3 Å². The molecule has 0 unspecified atom stereocenters. The molecule has 13 nitrogen and oxygen atoms in total. The molecule has 1 aromatic carbocycles. The Morgan fingerprint density at radius 3 is 2.15 bits per heavy atom. The highest BCUT2D eigenvalue weighted by atomic mass is 16.5. The molecule has 1 aliphatic rings. The van der Waals surface area contributed by atoms with E-state index in [4.69, 9.17) is 4.74 Å². The number of methoxy groups -OCH3 is 1. The highest BCUT2D eigenvalue weighted by Gasteiger charge is 2.52. The summed E-state index contributed by atoms with van der Waals surface area (Å²) in [5.74, 6) is -4.29. The summed E-state index contributed by atoms with van der Waals surface area (Å²) in [4.78, 5) is 47.8. The van der Waals surface area contributed by atoms with Gasteiger partial charge >= 0.3 is 12.1 Å². The van der Waals surface area contributed by atoms with Gasteiger partial charge in [-0.3, -0.25) is 14.4 Å². The van der Waals surface area contributed by atoms with Crippen molar-refractivity contribution in [1.29, 1.82) is 0 Å². The highest BCUT2D eigenvalue weighted by molar-refractivity contribution is 5.86.